The molecule has 3 heterocycles. The van der Waals surface area contributed by atoms with E-state index in [0.717, 1.165) is 11.8 Å². The van der Waals surface area contributed by atoms with Crippen LogP contribution in [0.2, 0.25) is 0 Å². The highest BCUT2D eigenvalue weighted by atomic mass is 32.2. The van der Waals surface area contributed by atoms with Gasteiger partial charge in [0, 0.05) is 12.3 Å². The van der Waals surface area contributed by atoms with E-state index >= 15 is 0 Å². The van der Waals surface area contributed by atoms with Crippen LogP contribution in [0.4, 0.5) is 9.59 Å². The van der Waals surface area contributed by atoms with Crippen molar-refractivity contribution in [2.24, 2.45) is 0 Å². The first-order valence-electron chi connectivity index (χ1n) is 5.86. The molecule has 8 nitrogen and oxygen atoms in total. The fourth-order valence-corrected chi connectivity index (χ4v) is 3.32. The highest BCUT2D eigenvalue weighted by Gasteiger charge is 2.52. The van der Waals surface area contributed by atoms with Gasteiger partial charge in [-0.05, 0) is 6.42 Å². The first-order chi connectivity index (χ1) is 9.00. The third-order valence-electron chi connectivity index (χ3n) is 3.57. The van der Waals surface area contributed by atoms with Gasteiger partial charge in [0.05, 0.1) is 6.54 Å². The second-order valence-electron chi connectivity index (χ2n) is 4.80. The number of carbonyl (C=O) groups is 4. The van der Waals surface area contributed by atoms with Gasteiger partial charge in [-0.2, -0.15) is 0 Å². The summed E-state index contributed by atoms with van der Waals surface area (Å²) in [7, 11) is 0. The number of hydrogen-bond acceptors (Lipinski definition) is 5. The molecule has 9 heteroatoms. The number of thioether (sulfide) groups is 1. The molecule has 5 amide bonds. The minimum absolute atomic E-state index is 0.153. The number of hydrogen-bond donors (Lipinski definition) is 3. The number of nitrogens with one attached hydrogen (secondary N) is 3. The predicted molar refractivity (Wildman–Crippen MR) is 65.4 cm³/mol. The fourth-order valence-electron chi connectivity index (χ4n) is 2.55. The quantitative estimate of drug-likeness (QED) is 0.514. The van der Waals surface area contributed by atoms with Crippen LogP contribution in [0.25, 0.3) is 0 Å². The molecular weight excluding hydrogens is 272 g/mol. The molecule has 0 saturated carbocycles. The molecule has 0 radical (unpaired) electrons. The van der Waals surface area contributed by atoms with Crippen molar-refractivity contribution in [3.63, 3.8) is 0 Å². The van der Waals surface area contributed by atoms with Crippen molar-refractivity contribution < 1.29 is 19.2 Å². The topological polar surface area (TPSA) is 108 Å². The molecule has 2 atom stereocenters. The molecule has 2 unspecified atom stereocenters. The van der Waals surface area contributed by atoms with E-state index in [1.807, 2.05) is 0 Å². The molecule has 0 aromatic heterocycles. The number of likely N-dealkylation sites (tertiary alicyclic amines) is 1. The third kappa shape index (κ3) is 1.93. The Hall–Kier alpha value is -1.77. The normalized spacial score (nSPS) is 33.6. The number of nitrogens with zero attached hydrogens (tertiary/aromatic N) is 1. The van der Waals surface area contributed by atoms with Gasteiger partial charge in [0.25, 0.3) is 11.1 Å². The van der Waals surface area contributed by atoms with Crippen molar-refractivity contribution in [1.29, 1.82) is 0 Å². The van der Waals surface area contributed by atoms with Crippen molar-refractivity contribution >= 4 is 34.8 Å². The Kier molecular flexibility index (Phi) is 2.66. The Morgan fingerprint density at radius 1 is 1.37 bits per heavy atom. The summed E-state index contributed by atoms with van der Waals surface area (Å²) >= 11 is 1.07. The summed E-state index contributed by atoms with van der Waals surface area (Å²) < 4.78 is 0. The lowest BCUT2D eigenvalue weighted by Gasteiger charge is -2.23. The number of rotatable bonds is 1. The Bertz CT molecular complexity index is 496. The number of urea groups is 1. The summed E-state index contributed by atoms with van der Waals surface area (Å²) in [5.41, 5.74) is -0.998. The summed E-state index contributed by atoms with van der Waals surface area (Å²) in [6.45, 7) is 0.546. The molecule has 102 valence electrons. The lowest BCUT2D eigenvalue weighted by atomic mass is 9.99. The second-order valence-corrected chi connectivity index (χ2v) is 5.79. The van der Waals surface area contributed by atoms with Crippen LogP contribution in [0.5, 0.6) is 0 Å². The van der Waals surface area contributed by atoms with Crippen molar-refractivity contribution in [1.82, 2.24) is 20.9 Å². The van der Waals surface area contributed by atoms with Crippen LogP contribution < -0.4 is 16.0 Å². The zero-order valence-electron chi connectivity index (χ0n) is 9.89. The number of carbonyl (C=O) groups excluding carboxylic acids is 4. The van der Waals surface area contributed by atoms with Gasteiger partial charge >= 0.3 is 6.03 Å². The van der Waals surface area contributed by atoms with E-state index in [0.29, 0.717) is 18.7 Å². The summed E-state index contributed by atoms with van der Waals surface area (Å²) in [5.74, 6) is -0.193. The minimum Gasteiger partial charge on any atom is -0.338 e. The lowest BCUT2D eigenvalue weighted by Crippen LogP contribution is -2.51. The number of imide groups is 1. The van der Waals surface area contributed by atoms with Gasteiger partial charge in [0.1, 0.15) is 11.6 Å². The summed E-state index contributed by atoms with van der Waals surface area (Å²) in [5, 5.41) is 7.13. The standard InChI is InChI=1S/C10H12N4O4S/c15-6(5-3-19-9(18)11-5)14-2-1-10(4-14)7(16)12-8(17)13-10/h5H,1-4H2,(H,11,18)(H2,12,13,16,17). The van der Waals surface area contributed by atoms with Gasteiger partial charge in [-0.25, -0.2) is 4.79 Å². The predicted octanol–water partition coefficient (Wildman–Crippen LogP) is -1.38. The molecule has 3 rings (SSSR count). The maximum Gasteiger partial charge on any atom is 0.322 e. The van der Waals surface area contributed by atoms with E-state index in [1.54, 1.807) is 0 Å². The summed E-state index contributed by atoms with van der Waals surface area (Å²) in [4.78, 5) is 47.7. The number of amides is 5. The summed E-state index contributed by atoms with van der Waals surface area (Å²) in [6.07, 6.45) is 0.393. The van der Waals surface area contributed by atoms with Crippen LogP contribution >= 0.6 is 11.8 Å². The largest absolute Gasteiger partial charge is 0.338 e. The van der Waals surface area contributed by atoms with Crippen molar-refractivity contribution in [3.8, 4) is 0 Å². The molecule has 0 bridgehead atoms. The van der Waals surface area contributed by atoms with Gasteiger partial charge in [-0.15, -0.1) is 0 Å². The molecule has 0 aromatic carbocycles. The van der Waals surface area contributed by atoms with Gasteiger partial charge in [-0.1, -0.05) is 11.8 Å². The van der Waals surface area contributed by atoms with Crippen LogP contribution in [0.15, 0.2) is 0 Å². The molecule has 19 heavy (non-hydrogen) atoms. The van der Waals surface area contributed by atoms with Gasteiger partial charge in [0.2, 0.25) is 5.91 Å². The molecular formula is C10H12N4O4S. The molecule has 0 aromatic rings. The SMILES string of the molecule is O=C1NC(=O)C2(CCN(C(=O)C3CSC(=O)N3)C2)N1. The molecule has 3 fully saturated rings. The second kappa shape index (κ2) is 4.12. The van der Waals surface area contributed by atoms with E-state index < -0.39 is 23.5 Å². The molecule has 3 aliphatic rings. The summed E-state index contributed by atoms with van der Waals surface area (Å²) in [6, 6.07) is -1.06. The van der Waals surface area contributed by atoms with E-state index in [4.69, 9.17) is 0 Å². The molecule has 1 spiro atoms. The highest BCUT2D eigenvalue weighted by Crippen LogP contribution is 2.26. The first-order valence-corrected chi connectivity index (χ1v) is 6.84. The van der Waals surface area contributed by atoms with Crippen LogP contribution in [-0.2, 0) is 9.59 Å². The Balaban J connectivity index is 1.69. The first kappa shape index (κ1) is 12.3. The van der Waals surface area contributed by atoms with E-state index in [9.17, 15) is 19.2 Å². The van der Waals surface area contributed by atoms with E-state index in [-0.39, 0.29) is 17.7 Å². The van der Waals surface area contributed by atoms with Crippen molar-refractivity contribution in [3.05, 3.63) is 0 Å². The smallest absolute Gasteiger partial charge is 0.322 e. The molecule has 3 saturated heterocycles. The molecule has 3 aliphatic heterocycles. The van der Waals surface area contributed by atoms with Crippen molar-refractivity contribution in [2.75, 3.05) is 18.8 Å². The monoisotopic (exact) mass is 284 g/mol. The van der Waals surface area contributed by atoms with Gasteiger partial charge in [0.15, 0.2) is 0 Å². The zero-order chi connectivity index (χ0) is 13.6. The van der Waals surface area contributed by atoms with E-state index in [1.165, 1.54) is 4.90 Å². The van der Waals surface area contributed by atoms with Crippen LogP contribution in [0.1, 0.15) is 6.42 Å². The molecule has 0 aliphatic carbocycles. The average Bonchev–Trinajstić information content (AvgIpc) is 3.01. The van der Waals surface area contributed by atoms with Crippen LogP contribution in [0.3, 0.4) is 0 Å². The minimum atomic E-state index is -0.998. The maximum absolute atomic E-state index is 12.2. The third-order valence-corrected chi connectivity index (χ3v) is 4.45. The Morgan fingerprint density at radius 2 is 2.16 bits per heavy atom. The van der Waals surface area contributed by atoms with Gasteiger partial charge < -0.3 is 15.5 Å². The lowest BCUT2D eigenvalue weighted by molar-refractivity contribution is -0.132. The fraction of sp³-hybridized carbons (Fsp3) is 0.600. The van der Waals surface area contributed by atoms with Crippen LogP contribution in [0, 0.1) is 0 Å². The Labute approximate surface area is 112 Å². The molecule has 3 N–H and O–H groups in total. The average molecular weight is 284 g/mol. The highest BCUT2D eigenvalue weighted by molar-refractivity contribution is 8.14. The Morgan fingerprint density at radius 3 is 2.74 bits per heavy atom. The van der Waals surface area contributed by atoms with Crippen molar-refractivity contribution in [2.45, 2.75) is 18.0 Å². The van der Waals surface area contributed by atoms with Gasteiger partial charge in [-0.3, -0.25) is 19.7 Å². The van der Waals surface area contributed by atoms with E-state index in [2.05, 4.69) is 16.0 Å². The maximum atomic E-state index is 12.2. The van der Waals surface area contributed by atoms with Crippen LogP contribution in [-0.4, -0.2) is 58.4 Å². The zero-order valence-corrected chi connectivity index (χ0v) is 10.7.